The number of nitrogens with one attached hydrogen (secondary N) is 1. The average molecular weight is 254 g/mol. The van der Waals surface area contributed by atoms with E-state index in [0.717, 1.165) is 26.0 Å². The molecule has 1 aliphatic heterocycles. The smallest absolute Gasteiger partial charge is 0.475 e. The average Bonchev–Trinajstić information content (AvgIpc) is 2.99. The molecule has 0 atom stereocenters. The van der Waals surface area contributed by atoms with Crippen molar-refractivity contribution >= 4 is 12.4 Å². The molecule has 2 aliphatic rings. The van der Waals surface area contributed by atoms with Crippen LogP contribution in [0.15, 0.2) is 0 Å². The molecule has 0 radical (unpaired) electrons. The summed E-state index contributed by atoms with van der Waals surface area (Å²) in [5.74, 6) is -2.76. The number of halogens is 3. The lowest BCUT2D eigenvalue weighted by Crippen LogP contribution is -2.52. The van der Waals surface area contributed by atoms with Gasteiger partial charge in [0.1, 0.15) is 0 Å². The molecule has 17 heavy (non-hydrogen) atoms. The number of carbonyl (C=O) groups is 2. The third kappa shape index (κ3) is 3.58. The molecule has 0 aromatic heterocycles. The molecule has 1 amide bonds. The van der Waals surface area contributed by atoms with E-state index in [1.165, 1.54) is 12.8 Å². The molecule has 1 aliphatic carbocycles. The number of amides is 1. The maximum Gasteiger partial charge on any atom is 0.490 e. The standard InChI is InChI=1S/C7H12N2O.C2HF3O2/c10-6-9-4-3-8-5-7(9)1-2-7;3-2(4,5)1(6)7/h6,8H,1-5H2;(H,6,7). The van der Waals surface area contributed by atoms with Crippen LogP contribution in [0.5, 0.6) is 0 Å². The summed E-state index contributed by atoms with van der Waals surface area (Å²) in [7, 11) is 0. The molecule has 0 unspecified atom stereocenters. The fourth-order valence-electron chi connectivity index (χ4n) is 1.63. The first-order chi connectivity index (χ1) is 7.82. The van der Waals surface area contributed by atoms with Gasteiger partial charge in [0.25, 0.3) is 0 Å². The number of aliphatic carboxylic acids is 1. The molecule has 98 valence electrons. The van der Waals surface area contributed by atoms with Crippen molar-refractivity contribution in [3.8, 4) is 0 Å². The first-order valence-corrected chi connectivity index (χ1v) is 5.05. The van der Waals surface area contributed by atoms with Crippen LogP contribution in [0.4, 0.5) is 13.2 Å². The van der Waals surface area contributed by atoms with E-state index in [-0.39, 0.29) is 5.54 Å². The number of carboxylic acid groups (broad SMARTS) is 1. The zero-order valence-electron chi connectivity index (χ0n) is 8.96. The van der Waals surface area contributed by atoms with Crippen LogP contribution in [0.25, 0.3) is 0 Å². The normalized spacial score (nSPS) is 21.5. The van der Waals surface area contributed by atoms with Gasteiger partial charge >= 0.3 is 12.1 Å². The Balaban J connectivity index is 0.000000185. The molecule has 8 heteroatoms. The van der Waals surface area contributed by atoms with Crippen LogP contribution >= 0.6 is 0 Å². The fourth-order valence-corrected chi connectivity index (χ4v) is 1.63. The van der Waals surface area contributed by atoms with Crippen molar-refractivity contribution in [3.05, 3.63) is 0 Å². The molecule has 2 N–H and O–H groups in total. The quantitative estimate of drug-likeness (QED) is 0.656. The number of carbonyl (C=O) groups excluding carboxylic acids is 1. The first kappa shape index (κ1) is 13.8. The predicted octanol–water partition coefficient (Wildman–Crippen LogP) is 0.214. The van der Waals surface area contributed by atoms with Gasteiger partial charge in [-0.1, -0.05) is 0 Å². The van der Waals surface area contributed by atoms with Crippen molar-refractivity contribution in [2.24, 2.45) is 0 Å². The van der Waals surface area contributed by atoms with Crippen molar-refractivity contribution < 1.29 is 27.9 Å². The number of piperazine rings is 1. The highest BCUT2D eigenvalue weighted by molar-refractivity contribution is 5.73. The molecule has 1 saturated heterocycles. The Labute approximate surface area is 95.6 Å². The van der Waals surface area contributed by atoms with Crippen molar-refractivity contribution in [2.45, 2.75) is 24.6 Å². The highest BCUT2D eigenvalue weighted by Gasteiger charge is 2.48. The Morgan fingerprint density at radius 3 is 2.24 bits per heavy atom. The number of carboxylic acids is 1. The number of rotatable bonds is 1. The SMILES string of the molecule is O=C(O)C(F)(F)F.O=CN1CCNCC12CC2. The summed E-state index contributed by atoms with van der Waals surface area (Å²) in [5, 5.41) is 10.4. The minimum absolute atomic E-state index is 0.250. The number of hydrogen-bond donors (Lipinski definition) is 2. The van der Waals surface area contributed by atoms with Crippen LogP contribution in [0.2, 0.25) is 0 Å². The summed E-state index contributed by atoms with van der Waals surface area (Å²) >= 11 is 0. The molecule has 1 spiro atoms. The molecule has 1 saturated carbocycles. The van der Waals surface area contributed by atoms with Crippen molar-refractivity contribution in [1.29, 1.82) is 0 Å². The van der Waals surface area contributed by atoms with Gasteiger partial charge in [-0.3, -0.25) is 4.79 Å². The van der Waals surface area contributed by atoms with Gasteiger partial charge in [0.2, 0.25) is 6.41 Å². The van der Waals surface area contributed by atoms with Crippen LogP contribution in [0.1, 0.15) is 12.8 Å². The lowest BCUT2D eigenvalue weighted by atomic mass is 10.2. The van der Waals surface area contributed by atoms with E-state index >= 15 is 0 Å². The molecule has 5 nitrogen and oxygen atoms in total. The lowest BCUT2D eigenvalue weighted by molar-refractivity contribution is -0.192. The van der Waals surface area contributed by atoms with Crippen molar-refractivity contribution in [3.63, 3.8) is 0 Å². The second-order valence-corrected chi connectivity index (χ2v) is 4.00. The second kappa shape index (κ2) is 4.91. The first-order valence-electron chi connectivity index (χ1n) is 5.05. The van der Waals surface area contributed by atoms with Crippen LogP contribution in [-0.4, -0.2) is 53.7 Å². The molecule has 0 aromatic carbocycles. The van der Waals surface area contributed by atoms with Gasteiger partial charge in [-0.15, -0.1) is 0 Å². The van der Waals surface area contributed by atoms with Gasteiger partial charge in [0, 0.05) is 19.6 Å². The van der Waals surface area contributed by atoms with E-state index < -0.39 is 12.1 Å². The van der Waals surface area contributed by atoms with E-state index in [1.807, 2.05) is 4.90 Å². The second-order valence-electron chi connectivity index (χ2n) is 4.00. The van der Waals surface area contributed by atoms with Gasteiger partial charge in [-0.25, -0.2) is 4.79 Å². The molecular formula is C9H13F3N2O3. The van der Waals surface area contributed by atoms with Crippen molar-refractivity contribution in [1.82, 2.24) is 10.2 Å². The molecule has 0 aromatic rings. The zero-order valence-corrected chi connectivity index (χ0v) is 8.96. The molecule has 0 bridgehead atoms. The minimum atomic E-state index is -5.08. The highest BCUT2D eigenvalue weighted by atomic mass is 19.4. The summed E-state index contributed by atoms with van der Waals surface area (Å²) in [6.45, 7) is 2.86. The number of nitrogens with zero attached hydrogens (tertiary/aromatic N) is 1. The van der Waals surface area contributed by atoms with Crippen molar-refractivity contribution in [2.75, 3.05) is 19.6 Å². The predicted molar refractivity (Wildman–Crippen MR) is 51.3 cm³/mol. The molecule has 2 rings (SSSR count). The minimum Gasteiger partial charge on any atom is -0.475 e. The van der Waals surface area contributed by atoms with Gasteiger partial charge in [-0.2, -0.15) is 13.2 Å². The van der Waals surface area contributed by atoms with Gasteiger partial charge < -0.3 is 15.3 Å². The Kier molecular flexibility index (Phi) is 3.97. The van der Waals surface area contributed by atoms with E-state index in [9.17, 15) is 18.0 Å². The zero-order chi connectivity index (χ0) is 13.1. The van der Waals surface area contributed by atoms with Crippen LogP contribution in [0, 0.1) is 0 Å². The maximum atomic E-state index is 10.6. The third-order valence-electron chi connectivity index (χ3n) is 2.79. The summed E-state index contributed by atoms with van der Waals surface area (Å²) in [6, 6.07) is 0. The highest BCUT2D eigenvalue weighted by Crippen LogP contribution is 2.41. The Morgan fingerprint density at radius 2 is 1.94 bits per heavy atom. The van der Waals surface area contributed by atoms with E-state index in [0.29, 0.717) is 0 Å². The molecule has 2 fully saturated rings. The van der Waals surface area contributed by atoms with Crippen LogP contribution in [0.3, 0.4) is 0 Å². The summed E-state index contributed by atoms with van der Waals surface area (Å²) in [5.41, 5.74) is 0.250. The summed E-state index contributed by atoms with van der Waals surface area (Å²) < 4.78 is 31.7. The van der Waals surface area contributed by atoms with Crippen LogP contribution < -0.4 is 5.32 Å². The Bertz CT molecular complexity index is 302. The monoisotopic (exact) mass is 254 g/mol. The van der Waals surface area contributed by atoms with E-state index in [2.05, 4.69) is 5.32 Å². The van der Waals surface area contributed by atoms with Gasteiger partial charge in [0.15, 0.2) is 0 Å². The topological polar surface area (TPSA) is 69.6 Å². The third-order valence-corrected chi connectivity index (χ3v) is 2.79. The number of hydrogen-bond acceptors (Lipinski definition) is 3. The molecular weight excluding hydrogens is 241 g/mol. The van der Waals surface area contributed by atoms with Gasteiger partial charge in [0.05, 0.1) is 5.54 Å². The summed E-state index contributed by atoms with van der Waals surface area (Å²) in [6.07, 6.45) is -1.70. The van der Waals surface area contributed by atoms with Crippen LogP contribution in [-0.2, 0) is 9.59 Å². The maximum absolute atomic E-state index is 10.6. The summed E-state index contributed by atoms with van der Waals surface area (Å²) in [4.78, 5) is 21.4. The van der Waals surface area contributed by atoms with Gasteiger partial charge in [-0.05, 0) is 12.8 Å². The fraction of sp³-hybridized carbons (Fsp3) is 0.778. The largest absolute Gasteiger partial charge is 0.490 e. The number of alkyl halides is 3. The lowest BCUT2D eigenvalue weighted by Gasteiger charge is -2.33. The Morgan fingerprint density at radius 1 is 1.41 bits per heavy atom. The van der Waals surface area contributed by atoms with E-state index in [4.69, 9.17) is 9.90 Å². The van der Waals surface area contributed by atoms with E-state index in [1.54, 1.807) is 0 Å². The Hall–Kier alpha value is -1.31. The molecule has 1 heterocycles.